The molecule has 0 fully saturated rings. The molecular formula is C25H34BrN3. The van der Waals surface area contributed by atoms with Crippen LogP contribution in [0, 0.1) is 5.41 Å². The first-order valence-electron chi connectivity index (χ1n) is 10.3. The van der Waals surface area contributed by atoms with E-state index >= 15 is 0 Å². The lowest BCUT2D eigenvalue weighted by Gasteiger charge is -2.34. The van der Waals surface area contributed by atoms with Gasteiger partial charge in [-0.15, -0.1) is 0 Å². The van der Waals surface area contributed by atoms with E-state index in [2.05, 4.69) is 118 Å². The van der Waals surface area contributed by atoms with Crippen LogP contribution in [-0.2, 0) is 5.41 Å². The van der Waals surface area contributed by atoms with Crippen LogP contribution >= 0.6 is 15.9 Å². The summed E-state index contributed by atoms with van der Waals surface area (Å²) in [5.74, 6) is 1.04. The number of nitrogens with one attached hydrogen (secondary N) is 1. The van der Waals surface area contributed by atoms with Crippen molar-refractivity contribution in [1.82, 2.24) is 9.38 Å². The van der Waals surface area contributed by atoms with Crippen LogP contribution in [0.5, 0.6) is 0 Å². The molecule has 0 atom stereocenters. The number of anilines is 1. The summed E-state index contributed by atoms with van der Waals surface area (Å²) in [5, 5.41) is 3.82. The second-order valence-electron chi connectivity index (χ2n) is 11.0. The molecule has 0 unspecified atom stereocenters. The van der Waals surface area contributed by atoms with Gasteiger partial charge in [0.2, 0.25) is 0 Å². The number of aromatic nitrogens is 2. The van der Waals surface area contributed by atoms with E-state index in [1.54, 1.807) is 0 Å². The van der Waals surface area contributed by atoms with Gasteiger partial charge in [0.05, 0.1) is 0 Å². The third kappa shape index (κ3) is 5.22. The van der Waals surface area contributed by atoms with Crippen LogP contribution in [0.3, 0.4) is 0 Å². The lowest BCUT2D eigenvalue weighted by molar-refractivity contribution is 0.302. The highest BCUT2D eigenvalue weighted by molar-refractivity contribution is 9.10. The van der Waals surface area contributed by atoms with Crippen LogP contribution in [0.25, 0.3) is 16.9 Å². The third-order valence-corrected chi connectivity index (χ3v) is 5.50. The Morgan fingerprint density at radius 2 is 1.52 bits per heavy atom. The van der Waals surface area contributed by atoms with Crippen molar-refractivity contribution in [3.8, 4) is 11.3 Å². The topological polar surface area (TPSA) is 29.3 Å². The predicted molar refractivity (Wildman–Crippen MR) is 129 cm³/mol. The highest BCUT2D eigenvalue weighted by Crippen LogP contribution is 2.36. The van der Waals surface area contributed by atoms with Crippen LogP contribution in [0.4, 0.5) is 5.82 Å². The first kappa shape index (κ1) is 21.9. The Kier molecular flexibility index (Phi) is 5.63. The van der Waals surface area contributed by atoms with E-state index in [0.29, 0.717) is 0 Å². The molecule has 0 aliphatic rings. The van der Waals surface area contributed by atoms with Gasteiger partial charge in [0.15, 0.2) is 0 Å². The summed E-state index contributed by atoms with van der Waals surface area (Å²) in [5.41, 5.74) is 4.69. The number of benzene rings is 1. The summed E-state index contributed by atoms with van der Waals surface area (Å²) in [6, 6.07) is 12.9. The molecule has 0 aliphatic heterocycles. The molecule has 0 spiro atoms. The van der Waals surface area contributed by atoms with E-state index in [9.17, 15) is 0 Å². The van der Waals surface area contributed by atoms with Crippen molar-refractivity contribution in [2.75, 3.05) is 5.32 Å². The van der Waals surface area contributed by atoms with E-state index in [4.69, 9.17) is 4.98 Å². The monoisotopic (exact) mass is 455 g/mol. The zero-order valence-corrected chi connectivity index (χ0v) is 20.6. The van der Waals surface area contributed by atoms with E-state index in [1.807, 2.05) is 6.07 Å². The van der Waals surface area contributed by atoms with Gasteiger partial charge in [0.25, 0.3) is 0 Å². The van der Waals surface area contributed by atoms with Crippen LogP contribution in [0.1, 0.15) is 67.4 Å². The first-order chi connectivity index (χ1) is 13.3. The van der Waals surface area contributed by atoms with Crippen molar-refractivity contribution in [3.05, 3.63) is 52.6 Å². The largest absolute Gasteiger partial charge is 0.364 e. The van der Waals surface area contributed by atoms with Gasteiger partial charge >= 0.3 is 0 Å². The molecule has 0 amide bonds. The Labute approximate surface area is 184 Å². The fraction of sp³-hybridized carbons (Fsp3) is 0.480. The molecule has 0 radical (unpaired) electrons. The molecule has 0 saturated carbocycles. The molecule has 3 rings (SSSR count). The average Bonchev–Trinajstić information content (AvgIpc) is 2.89. The lowest BCUT2D eigenvalue weighted by Crippen LogP contribution is -2.36. The van der Waals surface area contributed by atoms with Gasteiger partial charge in [0, 0.05) is 21.8 Å². The highest BCUT2D eigenvalue weighted by atomic mass is 79.9. The SMILES string of the molecule is CC(C)(C)CC(C)(C)Nc1c(-c2ccc(C(C)(C)C)cc2)nc2ccc(Br)cn12. The Balaban J connectivity index is 2.11. The first-order valence-corrected chi connectivity index (χ1v) is 11.1. The van der Waals surface area contributed by atoms with E-state index in [-0.39, 0.29) is 16.4 Å². The summed E-state index contributed by atoms with van der Waals surface area (Å²) in [4.78, 5) is 4.98. The Morgan fingerprint density at radius 1 is 0.897 bits per heavy atom. The molecule has 1 N–H and O–H groups in total. The second-order valence-corrected chi connectivity index (χ2v) is 11.9. The van der Waals surface area contributed by atoms with E-state index in [0.717, 1.165) is 33.6 Å². The van der Waals surface area contributed by atoms with Crippen molar-refractivity contribution < 1.29 is 0 Å². The van der Waals surface area contributed by atoms with E-state index in [1.165, 1.54) is 5.56 Å². The molecule has 156 valence electrons. The Bertz CT molecular complexity index is 999. The van der Waals surface area contributed by atoms with Crippen molar-refractivity contribution in [2.45, 2.75) is 72.8 Å². The van der Waals surface area contributed by atoms with Crippen molar-refractivity contribution >= 4 is 27.4 Å². The summed E-state index contributed by atoms with van der Waals surface area (Å²) in [7, 11) is 0. The number of halogens is 1. The number of pyridine rings is 1. The van der Waals surface area contributed by atoms with Gasteiger partial charge in [-0.25, -0.2) is 4.98 Å². The predicted octanol–water partition coefficient (Wildman–Crippen LogP) is 7.69. The molecule has 0 aliphatic carbocycles. The zero-order valence-electron chi connectivity index (χ0n) is 19.0. The molecule has 2 aromatic heterocycles. The minimum Gasteiger partial charge on any atom is -0.364 e. The average molecular weight is 456 g/mol. The number of rotatable bonds is 4. The second kappa shape index (κ2) is 7.46. The van der Waals surface area contributed by atoms with Crippen molar-refractivity contribution in [1.29, 1.82) is 0 Å². The van der Waals surface area contributed by atoms with Gasteiger partial charge in [-0.3, -0.25) is 4.40 Å². The van der Waals surface area contributed by atoms with Gasteiger partial charge < -0.3 is 5.32 Å². The van der Waals surface area contributed by atoms with Crippen molar-refractivity contribution in [3.63, 3.8) is 0 Å². The maximum absolute atomic E-state index is 4.98. The number of imidazole rings is 1. The quantitative estimate of drug-likeness (QED) is 0.436. The standard InChI is InChI=1S/C25H34BrN3/c1-23(2,3)16-25(7,8)28-22-21(27-20-14-13-19(26)15-29(20)22)17-9-11-18(12-10-17)24(4,5)6/h9-15,28H,16H2,1-8H3. The fourth-order valence-electron chi connectivity index (χ4n) is 4.16. The normalized spacial score (nSPS) is 13.1. The summed E-state index contributed by atoms with van der Waals surface area (Å²) in [6.07, 6.45) is 3.13. The number of hydrogen-bond acceptors (Lipinski definition) is 2. The van der Waals surface area contributed by atoms with E-state index < -0.39 is 0 Å². The smallest absolute Gasteiger partial charge is 0.139 e. The summed E-state index contributed by atoms with van der Waals surface area (Å²) >= 11 is 3.62. The Hall–Kier alpha value is -1.81. The summed E-state index contributed by atoms with van der Waals surface area (Å²) < 4.78 is 3.19. The number of fused-ring (bicyclic) bond motifs is 1. The Morgan fingerprint density at radius 3 is 2.07 bits per heavy atom. The van der Waals surface area contributed by atoms with Gasteiger partial charge in [-0.1, -0.05) is 65.8 Å². The lowest BCUT2D eigenvalue weighted by atomic mass is 9.82. The molecule has 2 heterocycles. The maximum atomic E-state index is 4.98. The zero-order chi connectivity index (χ0) is 21.6. The highest BCUT2D eigenvalue weighted by Gasteiger charge is 2.28. The molecule has 3 nitrogen and oxygen atoms in total. The third-order valence-electron chi connectivity index (χ3n) is 5.04. The minimum atomic E-state index is -0.0728. The molecular weight excluding hydrogens is 422 g/mol. The number of hydrogen-bond donors (Lipinski definition) is 1. The van der Waals surface area contributed by atoms with Crippen LogP contribution in [-0.4, -0.2) is 14.9 Å². The minimum absolute atomic E-state index is 0.0728. The fourth-order valence-corrected chi connectivity index (χ4v) is 4.50. The molecule has 29 heavy (non-hydrogen) atoms. The van der Waals surface area contributed by atoms with Crippen LogP contribution in [0.15, 0.2) is 47.1 Å². The summed E-state index contributed by atoms with van der Waals surface area (Å²) in [6.45, 7) is 18.1. The van der Waals surface area contributed by atoms with Crippen LogP contribution < -0.4 is 5.32 Å². The molecule has 0 saturated heterocycles. The number of nitrogens with zero attached hydrogens (tertiary/aromatic N) is 2. The molecule has 1 aromatic carbocycles. The maximum Gasteiger partial charge on any atom is 0.139 e. The molecule has 0 bridgehead atoms. The molecule has 4 heteroatoms. The van der Waals surface area contributed by atoms with Gasteiger partial charge in [-0.05, 0) is 64.7 Å². The van der Waals surface area contributed by atoms with Crippen molar-refractivity contribution in [2.24, 2.45) is 5.41 Å². The molecule has 3 aromatic rings. The van der Waals surface area contributed by atoms with Gasteiger partial charge in [0.1, 0.15) is 17.2 Å². The van der Waals surface area contributed by atoms with Crippen LogP contribution in [0.2, 0.25) is 0 Å². The van der Waals surface area contributed by atoms with Gasteiger partial charge in [-0.2, -0.15) is 0 Å².